The molecule has 0 unspecified atom stereocenters. The Morgan fingerprint density at radius 2 is 1.80 bits per heavy atom. The molecule has 0 aromatic heterocycles. The highest BCUT2D eigenvalue weighted by molar-refractivity contribution is 7.90. The van der Waals surface area contributed by atoms with Crippen LogP contribution in [0.4, 0.5) is 0 Å². The lowest BCUT2D eigenvalue weighted by molar-refractivity contribution is 0.476. The minimum Gasteiger partial charge on any atom is -0.457 e. The van der Waals surface area contributed by atoms with Crippen LogP contribution in [0, 0.1) is 0 Å². The van der Waals surface area contributed by atoms with Gasteiger partial charge in [0.15, 0.2) is 9.84 Å². The van der Waals surface area contributed by atoms with E-state index in [9.17, 15) is 8.42 Å². The van der Waals surface area contributed by atoms with E-state index >= 15 is 0 Å². The Morgan fingerprint density at radius 1 is 1.15 bits per heavy atom. The third-order valence-electron chi connectivity index (χ3n) is 2.72. The highest BCUT2D eigenvalue weighted by Crippen LogP contribution is 2.28. The first-order valence-electron chi connectivity index (χ1n) is 5.86. The van der Waals surface area contributed by atoms with Crippen LogP contribution in [-0.4, -0.2) is 14.7 Å². The summed E-state index contributed by atoms with van der Waals surface area (Å²) in [6.45, 7) is 0.303. The molecule has 0 saturated carbocycles. The van der Waals surface area contributed by atoms with Crippen LogP contribution >= 0.6 is 11.6 Å². The van der Waals surface area contributed by atoms with E-state index in [-0.39, 0.29) is 4.90 Å². The molecule has 0 heterocycles. The van der Waals surface area contributed by atoms with Gasteiger partial charge in [-0.15, -0.1) is 0 Å². The molecule has 2 rings (SSSR count). The first-order valence-corrected chi connectivity index (χ1v) is 8.13. The molecule has 0 atom stereocenters. The smallest absolute Gasteiger partial charge is 0.175 e. The quantitative estimate of drug-likeness (QED) is 0.942. The SMILES string of the molecule is CS(=O)(=O)c1ccc(Oc2ccc(Cl)cc2CN)cc1. The van der Waals surface area contributed by atoms with Crippen molar-refractivity contribution in [1.29, 1.82) is 0 Å². The number of hydrogen-bond acceptors (Lipinski definition) is 4. The molecule has 2 N–H and O–H groups in total. The number of halogens is 1. The van der Waals surface area contributed by atoms with E-state index in [1.54, 1.807) is 30.3 Å². The Kier molecular flexibility index (Phi) is 4.32. The van der Waals surface area contributed by atoms with E-state index in [1.165, 1.54) is 12.1 Å². The largest absolute Gasteiger partial charge is 0.457 e. The zero-order chi connectivity index (χ0) is 14.8. The lowest BCUT2D eigenvalue weighted by atomic mass is 10.2. The van der Waals surface area contributed by atoms with E-state index in [1.807, 2.05) is 0 Å². The van der Waals surface area contributed by atoms with Gasteiger partial charge < -0.3 is 10.5 Å². The van der Waals surface area contributed by atoms with E-state index in [2.05, 4.69) is 0 Å². The molecule has 0 aliphatic rings. The third kappa shape index (κ3) is 3.50. The molecule has 0 spiro atoms. The number of nitrogens with two attached hydrogens (primary N) is 1. The summed E-state index contributed by atoms with van der Waals surface area (Å²) < 4.78 is 28.4. The number of ether oxygens (including phenoxy) is 1. The molecule has 0 aliphatic carbocycles. The molecule has 6 heteroatoms. The van der Waals surface area contributed by atoms with Gasteiger partial charge in [0, 0.05) is 23.4 Å². The predicted octanol–water partition coefficient (Wildman–Crippen LogP) is 2.99. The maximum atomic E-state index is 11.4. The average molecular weight is 312 g/mol. The number of rotatable bonds is 4. The van der Waals surface area contributed by atoms with Crippen LogP contribution in [0.15, 0.2) is 47.4 Å². The fourth-order valence-electron chi connectivity index (χ4n) is 1.69. The van der Waals surface area contributed by atoms with Crippen molar-refractivity contribution < 1.29 is 13.2 Å². The van der Waals surface area contributed by atoms with Gasteiger partial charge in [0.1, 0.15) is 11.5 Å². The average Bonchev–Trinajstić information content (AvgIpc) is 2.40. The zero-order valence-corrected chi connectivity index (χ0v) is 12.4. The minimum absolute atomic E-state index is 0.250. The summed E-state index contributed by atoms with van der Waals surface area (Å²) in [5, 5.41) is 0.588. The molecule has 0 amide bonds. The molecule has 106 valence electrons. The Hall–Kier alpha value is -1.56. The maximum Gasteiger partial charge on any atom is 0.175 e. The summed E-state index contributed by atoms with van der Waals surface area (Å²) >= 11 is 5.89. The van der Waals surface area contributed by atoms with E-state index in [0.29, 0.717) is 23.1 Å². The van der Waals surface area contributed by atoms with Crippen molar-refractivity contribution in [2.45, 2.75) is 11.4 Å². The van der Waals surface area contributed by atoms with Crippen LogP contribution in [-0.2, 0) is 16.4 Å². The Bertz CT molecular complexity index is 712. The van der Waals surface area contributed by atoms with Crippen LogP contribution in [0.2, 0.25) is 5.02 Å². The fourth-order valence-corrected chi connectivity index (χ4v) is 2.51. The normalized spacial score (nSPS) is 11.3. The molecule has 4 nitrogen and oxygen atoms in total. The summed E-state index contributed by atoms with van der Waals surface area (Å²) in [6, 6.07) is 11.4. The highest BCUT2D eigenvalue weighted by Gasteiger charge is 2.08. The van der Waals surface area contributed by atoms with Gasteiger partial charge in [0.2, 0.25) is 0 Å². The summed E-state index contributed by atoms with van der Waals surface area (Å²) in [5.74, 6) is 1.14. The standard InChI is InChI=1S/C14H14ClNO3S/c1-20(17,18)13-5-3-12(4-6-13)19-14-7-2-11(15)8-10(14)9-16/h2-8H,9,16H2,1H3. The van der Waals surface area contributed by atoms with Crippen LogP contribution < -0.4 is 10.5 Å². The topological polar surface area (TPSA) is 69.4 Å². The van der Waals surface area contributed by atoms with Crippen molar-refractivity contribution in [2.75, 3.05) is 6.26 Å². The second kappa shape index (κ2) is 5.83. The van der Waals surface area contributed by atoms with Gasteiger partial charge in [-0.25, -0.2) is 8.42 Å². The van der Waals surface area contributed by atoms with Crippen molar-refractivity contribution >= 4 is 21.4 Å². The third-order valence-corrected chi connectivity index (χ3v) is 4.09. The van der Waals surface area contributed by atoms with Gasteiger partial charge in [-0.05, 0) is 42.5 Å². The first kappa shape index (κ1) is 14.8. The number of sulfone groups is 1. The van der Waals surface area contributed by atoms with Gasteiger partial charge in [-0.1, -0.05) is 11.6 Å². The highest BCUT2D eigenvalue weighted by atomic mass is 35.5. The lowest BCUT2D eigenvalue weighted by Crippen LogP contribution is -2.00. The van der Waals surface area contributed by atoms with Crippen LogP contribution in [0.5, 0.6) is 11.5 Å². The van der Waals surface area contributed by atoms with Crippen molar-refractivity contribution in [3.8, 4) is 11.5 Å². The van der Waals surface area contributed by atoms with Gasteiger partial charge in [-0.3, -0.25) is 0 Å². The number of benzene rings is 2. The molecule has 0 fully saturated rings. The molecular weight excluding hydrogens is 298 g/mol. The second-order valence-corrected chi connectivity index (χ2v) is 6.75. The van der Waals surface area contributed by atoms with Gasteiger partial charge in [-0.2, -0.15) is 0 Å². The van der Waals surface area contributed by atoms with Gasteiger partial charge >= 0.3 is 0 Å². The minimum atomic E-state index is -3.20. The van der Waals surface area contributed by atoms with Crippen LogP contribution in [0.1, 0.15) is 5.56 Å². The van der Waals surface area contributed by atoms with Crippen LogP contribution in [0.25, 0.3) is 0 Å². The molecule has 0 saturated heterocycles. The molecule has 0 bridgehead atoms. The maximum absolute atomic E-state index is 11.4. The Morgan fingerprint density at radius 3 is 2.35 bits per heavy atom. The summed E-state index contributed by atoms with van der Waals surface area (Å²) in [7, 11) is -3.20. The van der Waals surface area contributed by atoms with Gasteiger partial charge in [0.25, 0.3) is 0 Å². The molecule has 20 heavy (non-hydrogen) atoms. The van der Waals surface area contributed by atoms with Crippen molar-refractivity contribution in [1.82, 2.24) is 0 Å². The monoisotopic (exact) mass is 311 g/mol. The first-order chi connectivity index (χ1) is 9.40. The van der Waals surface area contributed by atoms with Gasteiger partial charge in [0.05, 0.1) is 4.90 Å². The van der Waals surface area contributed by atoms with E-state index in [4.69, 9.17) is 22.1 Å². The summed E-state index contributed by atoms with van der Waals surface area (Å²) in [4.78, 5) is 0.250. The summed E-state index contributed by atoms with van der Waals surface area (Å²) in [6.07, 6.45) is 1.16. The molecular formula is C14H14ClNO3S. The van der Waals surface area contributed by atoms with Crippen molar-refractivity contribution in [3.63, 3.8) is 0 Å². The zero-order valence-electron chi connectivity index (χ0n) is 10.8. The Balaban J connectivity index is 2.27. The number of hydrogen-bond donors (Lipinski definition) is 1. The fraction of sp³-hybridized carbons (Fsp3) is 0.143. The summed E-state index contributed by atoms with van der Waals surface area (Å²) in [5.41, 5.74) is 6.42. The van der Waals surface area contributed by atoms with Crippen molar-refractivity contribution in [2.24, 2.45) is 5.73 Å². The molecule has 2 aromatic carbocycles. The van der Waals surface area contributed by atoms with E-state index in [0.717, 1.165) is 11.8 Å². The van der Waals surface area contributed by atoms with Crippen molar-refractivity contribution in [3.05, 3.63) is 53.1 Å². The lowest BCUT2D eigenvalue weighted by Gasteiger charge is -2.10. The van der Waals surface area contributed by atoms with E-state index < -0.39 is 9.84 Å². The predicted molar refractivity (Wildman–Crippen MR) is 79.0 cm³/mol. The molecule has 0 aliphatic heterocycles. The second-order valence-electron chi connectivity index (χ2n) is 4.30. The molecule has 2 aromatic rings. The van der Waals surface area contributed by atoms with Crippen LogP contribution in [0.3, 0.4) is 0 Å². The molecule has 0 radical (unpaired) electrons. The Labute approximate surface area is 123 Å².